The minimum atomic E-state index is -3.73. The molecule has 5 aromatic rings. The molecule has 4 aromatic carbocycles. The minimum Gasteiger partial charge on any atom is -0.455 e. The van der Waals surface area contributed by atoms with Gasteiger partial charge in [-0.05, 0) is 41.5 Å². The zero-order valence-corrected chi connectivity index (χ0v) is 22.8. The van der Waals surface area contributed by atoms with E-state index in [0.29, 0.717) is 27.8 Å². The van der Waals surface area contributed by atoms with Gasteiger partial charge in [0.25, 0.3) is 5.91 Å². The van der Waals surface area contributed by atoms with E-state index in [0.717, 1.165) is 17.4 Å². The number of benzene rings is 4. The molecule has 8 heteroatoms. The molecule has 0 saturated heterocycles. The minimum absolute atomic E-state index is 0.0763. The predicted octanol–water partition coefficient (Wildman–Crippen LogP) is 6.74. The van der Waals surface area contributed by atoms with Gasteiger partial charge in [0.2, 0.25) is 10.0 Å². The Balaban J connectivity index is 1.74. The van der Waals surface area contributed by atoms with Gasteiger partial charge in [0.1, 0.15) is 17.2 Å². The van der Waals surface area contributed by atoms with Crippen LogP contribution in [0.3, 0.4) is 0 Å². The molecule has 0 fully saturated rings. The predicted molar refractivity (Wildman–Crippen MR) is 158 cm³/mol. The number of carbonyl (C=O) groups excluding carboxylic acids is 1. The van der Waals surface area contributed by atoms with Crippen LogP contribution in [0.25, 0.3) is 39.5 Å². The van der Waals surface area contributed by atoms with Crippen LogP contribution in [0.5, 0.6) is 0 Å². The van der Waals surface area contributed by atoms with Gasteiger partial charge in [-0.15, -0.1) is 0 Å². The Hall–Kier alpha value is -4.69. The summed E-state index contributed by atoms with van der Waals surface area (Å²) < 4.78 is 47.4. The van der Waals surface area contributed by atoms with Gasteiger partial charge in [-0.1, -0.05) is 72.8 Å². The lowest BCUT2D eigenvalue weighted by molar-refractivity contribution is 0.0964. The number of amides is 1. The van der Waals surface area contributed by atoms with Crippen molar-refractivity contribution in [1.29, 1.82) is 0 Å². The fourth-order valence-corrected chi connectivity index (χ4v) is 5.47. The lowest BCUT2D eigenvalue weighted by Crippen LogP contribution is -2.30. The molecule has 0 spiro atoms. The van der Waals surface area contributed by atoms with Crippen molar-refractivity contribution in [2.24, 2.45) is 0 Å². The third kappa shape index (κ3) is 5.53. The number of rotatable bonds is 8. The number of halogens is 1. The highest BCUT2D eigenvalue weighted by Crippen LogP contribution is 2.41. The molecule has 1 aromatic heterocycles. The Morgan fingerprint density at radius 2 is 1.57 bits per heavy atom. The molecule has 6 nitrogen and oxygen atoms in total. The van der Waals surface area contributed by atoms with Crippen LogP contribution in [0.4, 0.5) is 10.1 Å². The summed E-state index contributed by atoms with van der Waals surface area (Å²) in [7, 11) is -2.21. The van der Waals surface area contributed by atoms with Gasteiger partial charge in [0.05, 0.1) is 24.1 Å². The van der Waals surface area contributed by atoms with Gasteiger partial charge < -0.3 is 9.73 Å². The molecule has 0 radical (unpaired) electrons. The molecule has 40 heavy (non-hydrogen) atoms. The van der Waals surface area contributed by atoms with Crippen LogP contribution in [-0.4, -0.2) is 34.2 Å². The molecule has 0 unspecified atom stereocenters. The molecule has 1 amide bonds. The van der Waals surface area contributed by atoms with E-state index in [4.69, 9.17) is 4.42 Å². The molecule has 5 rings (SSSR count). The Bertz CT molecular complexity index is 1800. The van der Waals surface area contributed by atoms with Crippen LogP contribution >= 0.6 is 0 Å². The number of fused-ring (bicyclic) bond motifs is 1. The van der Waals surface area contributed by atoms with Crippen LogP contribution in [0, 0.1) is 5.82 Å². The first-order valence-corrected chi connectivity index (χ1v) is 14.4. The molecule has 0 atom stereocenters. The summed E-state index contributed by atoms with van der Waals surface area (Å²) in [6, 6.07) is 28.1. The normalized spacial score (nSPS) is 11.7. The van der Waals surface area contributed by atoms with Gasteiger partial charge >= 0.3 is 0 Å². The van der Waals surface area contributed by atoms with Crippen molar-refractivity contribution in [2.75, 3.05) is 24.2 Å². The van der Waals surface area contributed by atoms with Crippen molar-refractivity contribution in [1.82, 2.24) is 5.32 Å². The first kappa shape index (κ1) is 26.9. The lowest BCUT2D eigenvalue weighted by Gasteiger charge is -2.24. The SMILES string of the molecule is CNC(=O)c1c(-c2ccc(F)cc2)oc2cc(N(CC=Cc3ccccc3)S(C)(=O)=O)c(-c3ccccc3)cc12. The van der Waals surface area contributed by atoms with Crippen molar-refractivity contribution < 1.29 is 22.0 Å². The second-order valence-corrected chi connectivity index (χ2v) is 11.1. The van der Waals surface area contributed by atoms with E-state index in [2.05, 4.69) is 5.32 Å². The van der Waals surface area contributed by atoms with E-state index in [1.54, 1.807) is 18.2 Å². The third-order valence-electron chi connectivity index (χ3n) is 6.50. The Morgan fingerprint density at radius 3 is 2.20 bits per heavy atom. The highest BCUT2D eigenvalue weighted by Gasteiger charge is 2.27. The summed E-state index contributed by atoms with van der Waals surface area (Å²) in [6.45, 7) is 0.0763. The zero-order valence-electron chi connectivity index (χ0n) is 22.0. The average Bonchev–Trinajstić information content (AvgIpc) is 3.33. The van der Waals surface area contributed by atoms with Gasteiger partial charge in [0, 0.05) is 29.6 Å². The monoisotopic (exact) mass is 554 g/mol. The van der Waals surface area contributed by atoms with E-state index in [9.17, 15) is 17.6 Å². The van der Waals surface area contributed by atoms with Crippen molar-refractivity contribution in [3.05, 3.63) is 120 Å². The second-order valence-electron chi connectivity index (χ2n) is 9.23. The highest BCUT2D eigenvalue weighted by molar-refractivity contribution is 7.92. The summed E-state index contributed by atoms with van der Waals surface area (Å²) in [4.78, 5) is 13.1. The number of hydrogen-bond donors (Lipinski definition) is 1. The number of nitrogens with zero attached hydrogens (tertiary/aromatic N) is 1. The van der Waals surface area contributed by atoms with Gasteiger partial charge in [-0.3, -0.25) is 9.10 Å². The fourth-order valence-electron chi connectivity index (χ4n) is 4.60. The smallest absolute Gasteiger partial charge is 0.255 e. The molecule has 202 valence electrons. The summed E-state index contributed by atoms with van der Waals surface area (Å²) in [6.07, 6.45) is 4.81. The van der Waals surface area contributed by atoms with Crippen LogP contribution < -0.4 is 9.62 Å². The number of nitrogens with one attached hydrogen (secondary N) is 1. The third-order valence-corrected chi connectivity index (χ3v) is 7.65. The Labute approximate surface area is 232 Å². The summed E-state index contributed by atoms with van der Waals surface area (Å²) in [5, 5.41) is 3.17. The van der Waals surface area contributed by atoms with Gasteiger partial charge in [-0.25, -0.2) is 12.8 Å². The molecule has 0 saturated carbocycles. The van der Waals surface area contributed by atoms with Crippen LogP contribution in [0.2, 0.25) is 0 Å². The Kier molecular flexibility index (Phi) is 7.53. The largest absolute Gasteiger partial charge is 0.455 e. The molecule has 0 aliphatic rings. The van der Waals surface area contributed by atoms with E-state index >= 15 is 0 Å². The van der Waals surface area contributed by atoms with Crippen molar-refractivity contribution in [3.8, 4) is 22.5 Å². The number of carbonyl (C=O) groups is 1. The van der Waals surface area contributed by atoms with Crippen LogP contribution in [-0.2, 0) is 10.0 Å². The Morgan fingerprint density at radius 1 is 0.925 bits per heavy atom. The molecule has 1 N–H and O–H groups in total. The maximum Gasteiger partial charge on any atom is 0.255 e. The fraction of sp³-hybridized carbons (Fsp3) is 0.0938. The van der Waals surface area contributed by atoms with Crippen molar-refractivity contribution in [3.63, 3.8) is 0 Å². The quantitative estimate of drug-likeness (QED) is 0.230. The highest BCUT2D eigenvalue weighted by atomic mass is 32.2. The van der Waals surface area contributed by atoms with Crippen LogP contribution in [0.1, 0.15) is 15.9 Å². The molecule has 0 aliphatic heterocycles. The van der Waals surface area contributed by atoms with E-state index in [1.807, 2.05) is 66.7 Å². The lowest BCUT2D eigenvalue weighted by atomic mass is 9.98. The summed E-state index contributed by atoms with van der Waals surface area (Å²) in [5.41, 5.74) is 3.86. The molecule has 0 aliphatic carbocycles. The second kappa shape index (κ2) is 11.2. The number of sulfonamides is 1. The summed E-state index contributed by atoms with van der Waals surface area (Å²) in [5.74, 6) is -0.529. The topological polar surface area (TPSA) is 79.6 Å². The number of furan rings is 1. The molecule has 1 heterocycles. The first-order chi connectivity index (χ1) is 19.3. The maximum absolute atomic E-state index is 13.7. The van der Waals surface area contributed by atoms with Gasteiger partial charge in [0.15, 0.2) is 0 Å². The molecular weight excluding hydrogens is 527 g/mol. The number of hydrogen-bond acceptors (Lipinski definition) is 4. The van der Waals surface area contributed by atoms with Crippen molar-refractivity contribution >= 4 is 38.7 Å². The van der Waals surface area contributed by atoms with E-state index in [-0.39, 0.29) is 23.8 Å². The standard InChI is InChI=1S/C32H27FN2O4S/c1-34-32(36)30-27-20-26(23-13-7-4-8-14-23)28(21-29(27)39-31(30)24-15-17-25(33)18-16-24)35(40(2,37)38)19-9-12-22-10-5-3-6-11-22/h3-18,20-21H,19H2,1-2H3,(H,34,36). The first-order valence-electron chi connectivity index (χ1n) is 12.6. The number of anilines is 1. The van der Waals surface area contributed by atoms with Crippen molar-refractivity contribution in [2.45, 2.75) is 0 Å². The zero-order chi connectivity index (χ0) is 28.3. The van der Waals surface area contributed by atoms with Crippen LogP contribution in [0.15, 0.2) is 108 Å². The maximum atomic E-state index is 13.7. The molecular formula is C32H27FN2O4S. The average molecular weight is 555 g/mol. The summed E-state index contributed by atoms with van der Waals surface area (Å²) >= 11 is 0. The van der Waals surface area contributed by atoms with Gasteiger partial charge in [-0.2, -0.15) is 0 Å². The van der Waals surface area contributed by atoms with E-state index in [1.165, 1.54) is 35.6 Å². The van der Waals surface area contributed by atoms with E-state index < -0.39 is 15.8 Å². The molecule has 0 bridgehead atoms.